The largest absolute Gasteiger partial charge is 0.369 e. The second-order valence-electron chi connectivity index (χ2n) is 8.34. The van der Waals surface area contributed by atoms with Crippen LogP contribution in [0, 0.1) is 23.7 Å². The summed E-state index contributed by atoms with van der Waals surface area (Å²) in [6.07, 6.45) is 20.2. The molecule has 0 amide bonds. The maximum Gasteiger partial charge on any atom is 0.157 e. The standard InChI is InChI=1S/C26H42O3/c1-2-3-4-5-6-7-8-11-14-19-24-25(29-24)20-15-12-9-10-13-17-22-27-26-21-16-18-23-28-26/h24-26H,2-9,11,14,16-23H2,1H3/t24-,25+,26?/m1/s1. The van der Waals surface area contributed by atoms with E-state index < -0.39 is 0 Å². The van der Waals surface area contributed by atoms with E-state index >= 15 is 0 Å². The quantitative estimate of drug-likeness (QED) is 0.191. The highest BCUT2D eigenvalue weighted by atomic mass is 16.7. The normalized spacial score (nSPS) is 23.0. The van der Waals surface area contributed by atoms with E-state index in [0.29, 0.717) is 25.2 Å². The first kappa shape index (κ1) is 24.3. The van der Waals surface area contributed by atoms with E-state index in [1.807, 2.05) is 0 Å². The molecule has 2 rings (SSSR count). The van der Waals surface area contributed by atoms with Crippen LogP contribution in [0.25, 0.3) is 0 Å². The van der Waals surface area contributed by atoms with Gasteiger partial charge in [0.15, 0.2) is 6.29 Å². The van der Waals surface area contributed by atoms with Crippen LogP contribution in [0.3, 0.4) is 0 Å². The van der Waals surface area contributed by atoms with E-state index in [9.17, 15) is 0 Å². The first-order valence-electron chi connectivity index (χ1n) is 12.2. The summed E-state index contributed by atoms with van der Waals surface area (Å²) in [5.74, 6) is 12.6. The van der Waals surface area contributed by atoms with Gasteiger partial charge in [0.2, 0.25) is 0 Å². The summed E-state index contributed by atoms with van der Waals surface area (Å²) < 4.78 is 16.9. The number of unbranched alkanes of at least 4 members (excludes halogenated alkanes) is 8. The second kappa shape index (κ2) is 16.8. The molecule has 3 atom stereocenters. The van der Waals surface area contributed by atoms with Crippen LogP contribution >= 0.6 is 0 Å². The van der Waals surface area contributed by atoms with E-state index in [2.05, 4.69) is 30.6 Å². The number of rotatable bonds is 14. The molecule has 0 N–H and O–H groups in total. The van der Waals surface area contributed by atoms with Crippen molar-refractivity contribution in [2.75, 3.05) is 13.2 Å². The van der Waals surface area contributed by atoms with E-state index in [1.165, 1.54) is 70.6 Å². The Labute approximate surface area is 179 Å². The predicted molar refractivity (Wildman–Crippen MR) is 119 cm³/mol. The number of hydrogen-bond acceptors (Lipinski definition) is 3. The number of ether oxygens (including phenoxy) is 3. The third-order valence-electron chi connectivity index (χ3n) is 5.68. The van der Waals surface area contributed by atoms with Gasteiger partial charge in [0, 0.05) is 19.4 Å². The lowest BCUT2D eigenvalue weighted by atomic mass is 10.0. The van der Waals surface area contributed by atoms with Crippen molar-refractivity contribution in [3.05, 3.63) is 0 Å². The molecule has 0 radical (unpaired) electrons. The summed E-state index contributed by atoms with van der Waals surface area (Å²) in [6.45, 7) is 3.76. The highest BCUT2D eigenvalue weighted by Gasteiger charge is 2.36. The maximum absolute atomic E-state index is 5.74. The van der Waals surface area contributed by atoms with Crippen LogP contribution in [0.15, 0.2) is 0 Å². The third kappa shape index (κ3) is 13.0. The molecule has 2 aliphatic heterocycles. The van der Waals surface area contributed by atoms with E-state index in [-0.39, 0.29) is 6.29 Å². The van der Waals surface area contributed by atoms with Crippen molar-refractivity contribution >= 4 is 0 Å². The van der Waals surface area contributed by atoms with Gasteiger partial charge in [-0.15, -0.1) is 0 Å². The Balaban J connectivity index is 1.34. The van der Waals surface area contributed by atoms with Crippen LogP contribution in [0.4, 0.5) is 0 Å². The Morgan fingerprint density at radius 1 is 0.828 bits per heavy atom. The van der Waals surface area contributed by atoms with Crippen molar-refractivity contribution in [3.63, 3.8) is 0 Å². The third-order valence-corrected chi connectivity index (χ3v) is 5.68. The van der Waals surface area contributed by atoms with Gasteiger partial charge in [-0.25, -0.2) is 0 Å². The zero-order chi connectivity index (χ0) is 20.4. The molecule has 2 fully saturated rings. The molecule has 0 aromatic heterocycles. The molecule has 3 heteroatoms. The highest BCUT2D eigenvalue weighted by Crippen LogP contribution is 2.29. The van der Waals surface area contributed by atoms with Crippen molar-refractivity contribution < 1.29 is 14.2 Å². The van der Waals surface area contributed by atoms with Gasteiger partial charge < -0.3 is 14.2 Å². The zero-order valence-corrected chi connectivity index (χ0v) is 18.7. The van der Waals surface area contributed by atoms with Gasteiger partial charge in [-0.05, 0) is 25.7 Å². The molecule has 0 spiro atoms. The van der Waals surface area contributed by atoms with Gasteiger partial charge in [0.05, 0.1) is 25.2 Å². The molecular formula is C26H42O3. The Bertz CT molecular complexity index is 516. The van der Waals surface area contributed by atoms with Gasteiger partial charge in [0.25, 0.3) is 0 Å². The lowest BCUT2D eigenvalue weighted by Gasteiger charge is -2.22. The molecule has 164 valence electrons. The average Bonchev–Trinajstić information content (AvgIpc) is 3.50. The van der Waals surface area contributed by atoms with Gasteiger partial charge in [-0.3, -0.25) is 0 Å². The smallest absolute Gasteiger partial charge is 0.157 e. The molecule has 29 heavy (non-hydrogen) atoms. The highest BCUT2D eigenvalue weighted by molar-refractivity contribution is 5.13. The van der Waals surface area contributed by atoms with Crippen LogP contribution < -0.4 is 0 Å². The molecule has 2 heterocycles. The van der Waals surface area contributed by atoms with Gasteiger partial charge >= 0.3 is 0 Å². The summed E-state index contributed by atoms with van der Waals surface area (Å²) in [5, 5.41) is 0. The van der Waals surface area contributed by atoms with E-state index in [0.717, 1.165) is 32.3 Å². The SMILES string of the molecule is CCCCCCCCCCC[C@H]1O[C@H]1CC#CCC#CCCOC1CCCCO1. The fraction of sp³-hybridized carbons (Fsp3) is 0.846. The first-order valence-corrected chi connectivity index (χ1v) is 12.2. The molecule has 2 aliphatic rings. The Morgan fingerprint density at radius 2 is 1.59 bits per heavy atom. The van der Waals surface area contributed by atoms with Gasteiger partial charge in [0.1, 0.15) is 0 Å². The molecular weight excluding hydrogens is 360 g/mol. The van der Waals surface area contributed by atoms with Crippen molar-refractivity contribution in [1.82, 2.24) is 0 Å². The van der Waals surface area contributed by atoms with Gasteiger partial charge in [-0.1, -0.05) is 88.4 Å². The number of epoxide rings is 1. The van der Waals surface area contributed by atoms with Crippen LogP contribution in [-0.2, 0) is 14.2 Å². The predicted octanol–water partition coefficient (Wildman–Crippen LogP) is 6.40. The van der Waals surface area contributed by atoms with Crippen molar-refractivity contribution in [2.24, 2.45) is 0 Å². The molecule has 0 aromatic carbocycles. The number of hydrogen-bond donors (Lipinski definition) is 0. The summed E-state index contributed by atoms with van der Waals surface area (Å²) in [4.78, 5) is 0. The maximum atomic E-state index is 5.74. The minimum absolute atomic E-state index is 0.00706. The topological polar surface area (TPSA) is 31.0 Å². The Hall–Kier alpha value is -1.00. The minimum Gasteiger partial charge on any atom is -0.369 e. The lowest BCUT2D eigenvalue weighted by Crippen LogP contribution is -2.22. The van der Waals surface area contributed by atoms with Crippen LogP contribution in [0.2, 0.25) is 0 Å². The molecule has 1 unspecified atom stereocenters. The first-order chi connectivity index (χ1) is 14.4. The molecule has 3 nitrogen and oxygen atoms in total. The van der Waals surface area contributed by atoms with Crippen LogP contribution in [0.1, 0.15) is 110 Å². The average molecular weight is 403 g/mol. The molecule has 2 saturated heterocycles. The zero-order valence-electron chi connectivity index (χ0n) is 18.7. The minimum atomic E-state index is -0.00706. The van der Waals surface area contributed by atoms with Crippen molar-refractivity contribution in [2.45, 2.75) is 128 Å². The van der Waals surface area contributed by atoms with Crippen molar-refractivity contribution in [1.29, 1.82) is 0 Å². The molecule has 0 saturated carbocycles. The molecule has 0 aliphatic carbocycles. The van der Waals surface area contributed by atoms with Gasteiger partial charge in [-0.2, -0.15) is 0 Å². The second-order valence-corrected chi connectivity index (χ2v) is 8.34. The summed E-state index contributed by atoms with van der Waals surface area (Å²) >= 11 is 0. The van der Waals surface area contributed by atoms with Crippen LogP contribution in [0.5, 0.6) is 0 Å². The summed E-state index contributed by atoms with van der Waals surface area (Å²) in [7, 11) is 0. The molecule has 0 bridgehead atoms. The summed E-state index contributed by atoms with van der Waals surface area (Å²) in [5.41, 5.74) is 0. The summed E-state index contributed by atoms with van der Waals surface area (Å²) in [6, 6.07) is 0. The van der Waals surface area contributed by atoms with E-state index in [1.54, 1.807) is 0 Å². The van der Waals surface area contributed by atoms with Crippen LogP contribution in [-0.4, -0.2) is 31.7 Å². The lowest BCUT2D eigenvalue weighted by molar-refractivity contribution is -0.161. The fourth-order valence-electron chi connectivity index (χ4n) is 3.78. The monoisotopic (exact) mass is 402 g/mol. The van der Waals surface area contributed by atoms with E-state index in [4.69, 9.17) is 14.2 Å². The fourth-order valence-corrected chi connectivity index (χ4v) is 3.78. The Morgan fingerprint density at radius 3 is 2.34 bits per heavy atom. The van der Waals surface area contributed by atoms with Crippen molar-refractivity contribution in [3.8, 4) is 23.7 Å². The Kier molecular flexibility index (Phi) is 14.0. The molecule has 0 aromatic rings.